The predicted octanol–water partition coefficient (Wildman–Crippen LogP) is -0.665. The zero-order valence-electron chi connectivity index (χ0n) is 9.02. The Bertz CT molecular complexity index is 199. The Morgan fingerprint density at radius 2 is 2.27 bits per heavy atom. The fourth-order valence-electron chi connectivity index (χ4n) is 1.77. The maximum absolute atomic E-state index is 11.1. The third-order valence-corrected chi connectivity index (χ3v) is 2.67. The quantitative estimate of drug-likeness (QED) is 0.578. The van der Waals surface area contributed by atoms with Gasteiger partial charge in [-0.2, -0.15) is 0 Å². The predicted molar refractivity (Wildman–Crippen MR) is 56.3 cm³/mol. The van der Waals surface area contributed by atoms with Gasteiger partial charge in [-0.3, -0.25) is 9.69 Å². The van der Waals surface area contributed by atoms with Crippen LogP contribution in [0.2, 0.25) is 0 Å². The summed E-state index contributed by atoms with van der Waals surface area (Å²) in [6.45, 7) is 2.95. The van der Waals surface area contributed by atoms with Crippen LogP contribution in [0.15, 0.2) is 0 Å². The van der Waals surface area contributed by atoms with E-state index in [2.05, 4.69) is 4.90 Å². The number of hydrogen-bond donors (Lipinski definition) is 2. The second-order valence-corrected chi connectivity index (χ2v) is 3.81. The van der Waals surface area contributed by atoms with Crippen molar-refractivity contribution >= 4 is 5.91 Å². The van der Waals surface area contributed by atoms with Crippen molar-refractivity contribution in [1.29, 1.82) is 0 Å². The SMILES string of the molecule is NC(=O)C1COCCN1CCCCCO. The van der Waals surface area contributed by atoms with Gasteiger partial charge in [-0.1, -0.05) is 0 Å². The monoisotopic (exact) mass is 216 g/mol. The Hall–Kier alpha value is -0.650. The largest absolute Gasteiger partial charge is 0.396 e. The van der Waals surface area contributed by atoms with Gasteiger partial charge in [0.05, 0.1) is 13.2 Å². The van der Waals surface area contributed by atoms with Crippen LogP contribution in [0.4, 0.5) is 0 Å². The molecule has 1 aliphatic heterocycles. The molecule has 0 aromatic heterocycles. The molecule has 1 rings (SSSR count). The van der Waals surface area contributed by atoms with Crippen molar-refractivity contribution in [3.8, 4) is 0 Å². The number of nitrogens with two attached hydrogens (primary N) is 1. The standard InChI is InChI=1S/C10H20N2O3/c11-10(14)9-8-15-7-5-12(9)4-2-1-3-6-13/h9,13H,1-8H2,(H2,11,14). The highest BCUT2D eigenvalue weighted by molar-refractivity contribution is 5.80. The first kappa shape index (κ1) is 12.4. The molecule has 3 N–H and O–H groups in total. The van der Waals surface area contributed by atoms with E-state index in [0.29, 0.717) is 13.2 Å². The van der Waals surface area contributed by atoms with Crippen LogP contribution < -0.4 is 5.73 Å². The van der Waals surface area contributed by atoms with Gasteiger partial charge in [0.2, 0.25) is 5.91 Å². The number of carbonyl (C=O) groups excluding carboxylic acids is 1. The molecule has 1 heterocycles. The minimum Gasteiger partial charge on any atom is -0.396 e. The van der Waals surface area contributed by atoms with Crippen molar-refractivity contribution in [1.82, 2.24) is 4.90 Å². The molecule has 1 fully saturated rings. The number of amides is 1. The minimum absolute atomic E-state index is 0.238. The first-order chi connectivity index (χ1) is 7.25. The lowest BCUT2D eigenvalue weighted by atomic mass is 10.1. The number of unbranched alkanes of at least 4 members (excludes halogenated alkanes) is 2. The Labute approximate surface area is 90.2 Å². The van der Waals surface area contributed by atoms with Gasteiger partial charge < -0.3 is 15.6 Å². The number of aliphatic hydroxyl groups excluding tert-OH is 1. The maximum Gasteiger partial charge on any atom is 0.237 e. The lowest BCUT2D eigenvalue weighted by Gasteiger charge is -2.33. The number of morpholine rings is 1. The molecule has 0 aromatic rings. The maximum atomic E-state index is 11.1. The van der Waals surface area contributed by atoms with Crippen LogP contribution in [0.1, 0.15) is 19.3 Å². The summed E-state index contributed by atoms with van der Waals surface area (Å²) in [4.78, 5) is 13.2. The van der Waals surface area contributed by atoms with Crippen LogP contribution >= 0.6 is 0 Å². The molecule has 1 atom stereocenters. The van der Waals surface area contributed by atoms with E-state index in [1.54, 1.807) is 0 Å². The Balaban J connectivity index is 2.26. The molecule has 0 saturated carbocycles. The van der Waals surface area contributed by atoms with Crippen molar-refractivity contribution in [3.63, 3.8) is 0 Å². The molecule has 0 radical (unpaired) electrons. The van der Waals surface area contributed by atoms with Gasteiger partial charge in [-0.15, -0.1) is 0 Å². The van der Waals surface area contributed by atoms with Crippen LogP contribution in [-0.2, 0) is 9.53 Å². The molecule has 1 aliphatic rings. The van der Waals surface area contributed by atoms with Crippen LogP contribution in [0.5, 0.6) is 0 Å². The van der Waals surface area contributed by atoms with Gasteiger partial charge in [0.15, 0.2) is 0 Å². The Morgan fingerprint density at radius 1 is 1.47 bits per heavy atom. The van der Waals surface area contributed by atoms with E-state index in [0.717, 1.165) is 32.4 Å². The number of aliphatic hydroxyl groups is 1. The normalized spacial score (nSPS) is 22.9. The van der Waals surface area contributed by atoms with E-state index >= 15 is 0 Å². The average Bonchev–Trinajstić information content (AvgIpc) is 2.25. The molecule has 0 aromatic carbocycles. The highest BCUT2D eigenvalue weighted by Gasteiger charge is 2.26. The van der Waals surface area contributed by atoms with Crippen LogP contribution in [0, 0.1) is 0 Å². The number of ether oxygens (including phenoxy) is 1. The van der Waals surface area contributed by atoms with E-state index in [9.17, 15) is 4.79 Å². The van der Waals surface area contributed by atoms with Crippen molar-refractivity contribution in [3.05, 3.63) is 0 Å². The second-order valence-electron chi connectivity index (χ2n) is 3.81. The van der Waals surface area contributed by atoms with E-state index in [1.165, 1.54) is 0 Å². The molecule has 1 saturated heterocycles. The third-order valence-electron chi connectivity index (χ3n) is 2.67. The van der Waals surface area contributed by atoms with Gasteiger partial charge in [0.25, 0.3) is 0 Å². The van der Waals surface area contributed by atoms with Gasteiger partial charge in [0, 0.05) is 13.2 Å². The van der Waals surface area contributed by atoms with Crippen molar-refractivity contribution < 1.29 is 14.6 Å². The molecule has 0 bridgehead atoms. The second kappa shape index (κ2) is 6.76. The summed E-state index contributed by atoms with van der Waals surface area (Å²) in [5.74, 6) is -0.308. The summed E-state index contributed by atoms with van der Waals surface area (Å²) < 4.78 is 5.22. The molecule has 0 aliphatic carbocycles. The number of rotatable bonds is 6. The summed E-state index contributed by atoms with van der Waals surface area (Å²) in [7, 11) is 0. The summed E-state index contributed by atoms with van der Waals surface area (Å²) in [6, 6.07) is -0.270. The van der Waals surface area contributed by atoms with Gasteiger partial charge in [-0.05, 0) is 25.8 Å². The topological polar surface area (TPSA) is 75.8 Å². The van der Waals surface area contributed by atoms with Crippen LogP contribution in [-0.4, -0.2) is 54.9 Å². The van der Waals surface area contributed by atoms with E-state index in [4.69, 9.17) is 15.6 Å². The molecule has 15 heavy (non-hydrogen) atoms. The van der Waals surface area contributed by atoms with E-state index < -0.39 is 0 Å². The molecular formula is C10H20N2O3. The highest BCUT2D eigenvalue weighted by atomic mass is 16.5. The highest BCUT2D eigenvalue weighted by Crippen LogP contribution is 2.08. The fourth-order valence-corrected chi connectivity index (χ4v) is 1.77. The zero-order valence-corrected chi connectivity index (χ0v) is 9.02. The summed E-state index contributed by atoms with van der Waals surface area (Å²) in [6.07, 6.45) is 2.80. The summed E-state index contributed by atoms with van der Waals surface area (Å²) in [5, 5.41) is 8.64. The fraction of sp³-hybridized carbons (Fsp3) is 0.900. The third kappa shape index (κ3) is 4.15. The van der Waals surface area contributed by atoms with E-state index in [1.807, 2.05) is 0 Å². The minimum atomic E-state index is -0.308. The van der Waals surface area contributed by atoms with Crippen molar-refractivity contribution in [2.75, 3.05) is 32.9 Å². The molecule has 5 heteroatoms. The number of nitrogens with zero attached hydrogens (tertiary/aromatic N) is 1. The number of hydrogen-bond acceptors (Lipinski definition) is 4. The first-order valence-corrected chi connectivity index (χ1v) is 5.47. The number of primary amides is 1. The summed E-state index contributed by atoms with van der Waals surface area (Å²) in [5.41, 5.74) is 5.29. The van der Waals surface area contributed by atoms with Crippen LogP contribution in [0.3, 0.4) is 0 Å². The molecule has 88 valence electrons. The molecule has 5 nitrogen and oxygen atoms in total. The number of carbonyl (C=O) groups is 1. The molecule has 0 spiro atoms. The lowest BCUT2D eigenvalue weighted by Crippen LogP contribution is -2.52. The lowest BCUT2D eigenvalue weighted by molar-refractivity contribution is -0.129. The van der Waals surface area contributed by atoms with Crippen molar-refractivity contribution in [2.24, 2.45) is 5.73 Å². The zero-order chi connectivity index (χ0) is 11.1. The Kier molecular flexibility index (Phi) is 5.60. The first-order valence-electron chi connectivity index (χ1n) is 5.47. The van der Waals surface area contributed by atoms with Crippen molar-refractivity contribution in [2.45, 2.75) is 25.3 Å². The van der Waals surface area contributed by atoms with Gasteiger partial charge >= 0.3 is 0 Å². The van der Waals surface area contributed by atoms with E-state index in [-0.39, 0.29) is 18.6 Å². The molecular weight excluding hydrogens is 196 g/mol. The average molecular weight is 216 g/mol. The Morgan fingerprint density at radius 3 is 2.93 bits per heavy atom. The van der Waals surface area contributed by atoms with Gasteiger partial charge in [0.1, 0.15) is 6.04 Å². The summed E-state index contributed by atoms with van der Waals surface area (Å²) >= 11 is 0. The molecule has 1 unspecified atom stereocenters. The van der Waals surface area contributed by atoms with Crippen LogP contribution in [0.25, 0.3) is 0 Å². The smallest absolute Gasteiger partial charge is 0.237 e. The molecule has 1 amide bonds. The van der Waals surface area contributed by atoms with Gasteiger partial charge in [-0.25, -0.2) is 0 Å².